The number of aryl methyl sites for hydroxylation is 4. The molecule has 0 atom stereocenters. The van der Waals surface area contributed by atoms with Crippen LogP contribution in [-0.4, -0.2) is 18.4 Å². The third-order valence-electron chi connectivity index (χ3n) is 4.29. The van der Waals surface area contributed by atoms with Crippen LogP contribution in [0.4, 0.5) is 11.4 Å². The van der Waals surface area contributed by atoms with Gasteiger partial charge in [0.05, 0.1) is 10.7 Å². The number of rotatable bonds is 5. The summed E-state index contributed by atoms with van der Waals surface area (Å²) in [6.07, 6.45) is 0.191. The van der Waals surface area contributed by atoms with E-state index in [9.17, 15) is 9.59 Å². The van der Waals surface area contributed by atoms with Gasteiger partial charge in [-0.15, -0.1) is 0 Å². The first-order chi connectivity index (χ1) is 12.2. The molecule has 5 heteroatoms. The van der Waals surface area contributed by atoms with Crippen molar-refractivity contribution in [1.29, 1.82) is 0 Å². The van der Waals surface area contributed by atoms with Crippen LogP contribution in [-0.2, 0) is 9.59 Å². The van der Waals surface area contributed by atoms with Gasteiger partial charge in [-0.05, 0) is 62.1 Å². The maximum Gasteiger partial charge on any atom is 0.226 e. The van der Waals surface area contributed by atoms with Crippen LogP contribution in [0.1, 0.15) is 35.6 Å². The van der Waals surface area contributed by atoms with Crippen molar-refractivity contribution in [3.8, 4) is 0 Å². The van der Waals surface area contributed by atoms with E-state index in [0.717, 1.165) is 27.9 Å². The van der Waals surface area contributed by atoms with Crippen LogP contribution in [0.25, 0.3) is 0 Å². The Morgan fingerprint density at radius 2 is 1.69 bits per heavy atom. The molecule has 2 aromatic rings. The lowest BCUT2D eigenvalue weighted by Crippen LogP contribution is -2.32. The number of halogens is 1. The lowest BCUT2D eigenvalue weighted by atomic mass is 10.1. The highest BCUT2D eigenvalue weighted by atomic mass is 35.5. The van der Waals surface area contributed by atoms with Crippen molar-refractivity contribution >= 4 is 34.8 Å². The van der Waals surface area contributed by atoms with Crippen molar-refractivity contribution in [2.45, 2.75) is 41.0 Å². The zero-order valence-corrected chi connectivity index (χ0v) is 16.7. The fraction of sp³-hybridized carbons (Fsp3) is 0.333. The number of carbonyl (C=O) groups excluding carboxylic acids is 2. The van der Waals surface area contributed by atoms with Gasteiger partial charge in [-0.1, -0.05) is 29.8 Å². The van der Waals surface area contributed by atoms with Crippen LogP contribution < -0.4 is 10.2 Å². The summed E-state index contributed by atoms with van der Waals surface area (Å²) in [4.78, 5) is 26.1. The van der Waals surface area contributed by atoms with Gasteiger partial charge in [-0.25, -0.2) is 0 Å². The minimum atomic E-state index is -0.171. The number of carbonyl (C=O) groups is 2. The molecule has 1 N–H and O–H groups in total. The molecule has 138 valence electrons. The highest BCUT2D eigenvalue weighted by Crippen LogP contribution is 2.27. The second kappa shape index (κ2) is 8.37. The Bertz CT molecular complexity index is 823. The smallest absolute Gasteiger partial charge is 0.226 e. The number of nitrogens with zero attached hydrogens (tertiary/aromatic N) is 1. The Hall–Kier alpha value is -2.33. The van der Waals surface area contributed by atoms with E-state index in [4.69, 9.17) is 11.6 Å². The fourth-order valence-corrected chi connectivity index (χ4v) is 3.32. The van der Waals surface area contributed by atoms with Crippen molar-refractivity contribution in [3.05, 3.63) is 57.6 Å². The SMILES string of the molecule is CC(=O)N(CCC(=O)Nc1c(C)cc(C)cc1Cl)c1cc(C)ccc1C. The summed E-state index contributed by atoms with van der Waals surface area (Å²) in [5.74, 6) is -0.258. The fourth-order valence-electron chi connectivity index (χ4n) is 2.95. The molecule has 0 saturated heterocycles. The Kier molecular flexibility index (Phi) is 6.43. The van der Waals surface area contributed by atoms with Crippen LogP contribution >= 0.6 is 11.6 Å². The first-order valence-corrected chi connectivity index (χ1v) is 8.98. The molecule has 0 unspecified atom stereocenters. The van der Waals surface area contributed by atoms with Crippen LogP contribution in [0.3, 0.4) is 0 Å². The van der Waals surface area contributed by atoms with Crippen LogP contribution in [0, 0.1) is 27.7 Å². The van der Waals surface area contributed by atoms with Gasteiger partial charge in [0.15, 0.2) is 0 Å². The second-order valence-corrected chi connectivity index (χ2v) is 7.10. The molecule has 0 saturated carbocycles. The van der Waals surface area contributed by atoms with E-state index in [2.05, 4.69) is 5.32 Å². The summed E-state index contributed by atoms with van der Waals surface area (Å²) in [6, 6.07) is 9.75. The molecule has 0 fully saturated rings. The first kappa shape index (κ1) is 20.0. The van der Waals surface area contributed by atoms with Crippen molar-refractivity contribution in [1.82, 2.24) is 0 Å². The van der Waals surface area contributed by atoms with Gasteiger partial charge in [-0.2, -0.15) is 0 Å². The van der Waals surface area contributed by atoms with E-state index >= 15 is 0 Å². The van der Waals surface area contributed by atoms with Gasteiger partial charge in [0.2, 0.25) is 11.8 Å². The monoisotopic (exact) mass is 372 g/mol. The Labute approximate surface area is 160 Å². The average molecular weight is 373 g/mol. The predicted molar refractivity (Wildman–Crippen MR) is 108 cm³/mol. The average Bonchev–Trinajstić information content (AvgIpc) is 2.54. The molecule has 0 aliphatic rings. The number of hydrogen-bond donors (Lipinski definition) is 1. The molecule has 2 aromatic carbocycles. The van der Waals surface area contributed by atoms with Crippen molar-refractivity contribution < 1.29 is 9.59 Å². The van der Waals surface area contributed by atoms with Crippen LogP contribution in [0.2, 0.25) is 5.02 Å². The second-order valence-electron chi connectivity index (χ2n) is 6.70. The summed E-state index contributed by atoms with van der Waals surface area (Å²) in [5.41, 5.74) is 5.51. The molecule has 2 amide bonds. The molecular formula is C21H25ClN2O2. The van der Waals surface area contributed by atoms with Crippen LogP contribution in [0.15, 0.2) is 30.3 Å². The molecule has 0 aliphatic heterocycles. The van der Waals surface area contributed by atoms with E-state index in [1.807, 2.05) is 58.0 Å². The normalized spacial score (nSPS) is 10.5. The van der Waals surface area contributed by atoms with E-state index in [1.165, 1.54) is 6.92 Å². The molecule has 2 rings (SSSR count). The van der Waals surface area contributed by atoms with Gasteiger partial charge < -0.3 is 10.2 Å². The molecule has 0 heterocycles. The third kappa shape index (κ3) is 4.85. The molecule has 0 spiro atoms. The molecule has 0 aliphatic carbocycles. The highest BCUT2D eigenvalue weighted by molar-refractivity contribution is 6.34. The summed E-state index contributed by atoms with van der Waals surface area (Å²) in [5, 5.41) is 3.39. The van der Waals surface area contributed by atoms with Gasteiger partial charge in [0.25, 0.3) is 0 Å². The molecule has 4 nitrogen and oxygen atoms in total. The molecule has 0 bridgehead atoms. The topological polar surface area (TPSA) is 49.4 Å². The number of hydrogen-bond acceptors (Lipinski definition) is 2. The van der Waals surface area contributed by atoms with E-state index in [-0.39, 0.29) is 18.2 Å². The first-order valence-electron chi connectivity index (χ1n) is 8.61. The lowest BCUT2D eigenvalue weighted by molar-refractivity contribution is -0.117. The van der Waals surface area contributed by atoms with Gasteiger partial charge in [0.1, 0.15) is 0 Å². The molecular weight excluding hydrogens is 348 g/mol. The van der Waals surface area contributed by atoms with E-state index in [0.29, 0.717) is 17.3 Å². The molecule has 26 heavy (non-hydrogen) atoms. The maximum atomic E-state index is 12.4. The van der Waals surface area contributed by atoms with E-state index < -0.39 is 0 Å². The van der Waals surface area contributed by atoms with Crippen molar-refractivity contribution in [3.63, 3.8) is 0 Å². The Balaban J connectivity index is 2.11. The largest absolute Gasteiger partial charge is 0.324 e. The standard InChI is InChI=1S/C21H25ClN2O2/c1-13-6-7-15(3)19(12-13)24(17(5)25)9-8-20(26)23-21-16(4)10-14(2)11-18(21)22/h6-7,10-12H,8-9H2,1-5H3,(H,23,26). The number of amides is 2. The minimum Gasteiger partial charge on any atom is -0.324 e. The molecule has 0 radical (unpaired) electrons. The minimum absolute atomic E-state index is 0.0870. The summed E-state index contributed by atoms with van der Waals surface area (Å²) >= 11 is 6.25. The summed E-state index contributed by atoms with van der Waals surface area (Å²) in [6.45, 7) is 9.64. The van der Waals surface area contributed by atoms with Crippen molar-refractivity contribution in [2.75, 3.05) is 16.8 Å². The van der Waals surface area contributed by atoms with Gasteiger partial charge in [0, 0.05) is 25.6 Å². The highest BCUT2D eigenvalue weighted by Gasteiger charge is 2.16. The lowest BCUT2D eigenvalue weighted by Gasteiger charge is -2.23. The van der Waals surface area contributed by atoms with E-state index in [1.54, 1.807) is 4.90 Å². The molecule has 0 aromatic heterocycles. The number of nitrogens with one attached hydrogen (secondary N) is 1. The summed E-state index contributed by atoms with van der Waals surface area (Å²) in [7, 11) is 0. The van der Waals surface area contributed by atoms with Crippen LogP contribution in [0.5, 0.6) is 0 Å². The van der Waals surface area contributed by atoms with Gasteiger partial charge in [-0.3, -0.25) is 9.59 Å². The Morgan fingerprint density at radius 1 is 1.00 bits per heavy atom. The third-order valence-corrected chi connectivity index (χ3v) is 4.59. The quantitative estimate of drug-likeness (QED) is 0.806. The van der Waals surface area contributed by atoms with Gasteiger partial charge >= 0.3 is 0 Å². The number of benzene rings is 2. The Morgan fingerprint density at radius 3 is 2.31 bits per heavy atom. The zero-order chi connectivity index (χ0) is 19.4. The summed E-state index contributed by atoms with van der Waals surface area (Å²) < 4.78 is 0. The zero-order valence-electron chi connectivity index (χ0n) is 15.9. The number of anilines is 2. The van der Waals surface area contributed by atoms with Crippen molar-refractivity contribution in [2.24, 2.45) is 0 Å². The predicted octanol–water partition coefficient (Wildman–Crippen LogP) is 4.96. The maximum absolute atomic E-state index is 12.4.